The molecular formula is C29H27F2N3O5S. The molecule has 3 aromatic carbocycles. The molecule has 1 aliphatic heterocycles. The minimum Gasteiger partial charge on any atom is -0.351 e. The van der Waals surface area contributed by atoms with Gasteiger partial charge in [-0.25, -0.2) is 21.5 Å². The van der Waals surface area contributed by atoms with Gasteiger partial charge in [0.2, 0.25) is 11.8 Å². The second-order valence-corrected chi connectivity index (χ2v) is 11.7. The summed E-state index contributed by atoms with van der Waals surface area (Å²) in [6, 6.07) is 13.9. The normalized spacial score (nSPS) is 17.2. The van der Waals surface area contributed by atoms with Gasteiger partial charge in [-0.15, -0.1) is 0 Å². The van der Waals surface area contributed by atoms with Crippen molar-refractivity contribution >= 4 is 33.4 Å². The van der Waals surface area contributed by atoms with Gasteiger partial charge >= 0.3 is 0 Å². The second kappa shape index (κ2) is 11.2. The zero-order valence-electron chi connectivity index (χ0n) is 21.4. The SMILES string of the molecule is O=C(NC1CCCCC1)[C@H](c1ccc(F)cc1)N(C(=O)CN1C(=O)c2ccccc2S1(=O)=O)c1cccc(F)c1. The quantitative estimate of drug-likeness (QED) is 0.458. The first-order chi connectivity index (χ1) is 19.2. The lowest BCUT2D eigenvalue weighted by atomic mass is 9.94. The highest BCUT2D eigenvalue weighted by molar-refractivity contribution is 7.90. The lowest BCUT2D eigenvalue weighted by Gasteiger charge is -2.34. The molecule has 1 heterocycles. The third-order valence-corrected chi connectivity index (χ3v) is 8.98. The molecule has 40 heavy (non-hydrogen) atoms. The highest BCUT2D eigenvalue weighted by Crippen LogP contribution is 2.33. The Bertz CT molecular complexity index is 1560. The van der Waals surface area contributed by atoms with Crippen molar-refractivity contribution in [1.29, 1.82) is 0 Å². The summed E-state index contributed by atoms with van der Waals surface area (Å²) in [6.07, 6.45) is 4.38. The van der Waals surface area contributed by atoms with Gasteiger partial charge in [-0.05, 0) is 60.9 Å². The third-order valence-electron chi connectivity index (χ3n) is 7.19. The monoisotopic (exact) mass is 567 g/mol. The van der Waals surface area contributed by atoms with Crippen LogP contribution in [0.1, 0.15) is 54.1 Å². The van der Waals surface area contributed by atoms with Crippen LogP contribution in [-0.2, 0) is 19.6 Å². The molecule has 1 N–H and O–H groups in total. The van der Waals surface area contributed by atoms with Crippen molar-refractivity contribution in [1.82, 2.24) is 9.62 Å². The Balaban J connectivity index is 1.56. The lowest BCUT2D eigenvalue weighted by Crippen LogP contribution is -2.50. The van der Waals surface area contributed by atoms with Gasteiger partial charge in [0.05, 0.1) is 5.56 Å². The van der Waals surface area contributed by atoms with Gasteiger partial charge in [0.15, 0.2) is 0 Å². The lowest BCUT2D eigenvalue weighted by molar-refractivity contribution is -0.127. The Labute approximate surface area is 230 Å². The molecular weight excluding hydrogens is 540 g/mol. The van der Waals surface area contributed by atoms with Gasteiger partial charge in [-0.2, -0.15) is 0 Å². The minimum absolute atomic E-state index is 0.0281. The van der Waals surface area contributed by atoms with Gasteiger partial charge in [-0.1, -0.05) is 49.6 Å². The van der Waals surface area contributed by atoms with Crippen LogP contribution in [0.2, 0.25) is 0 Å². The number of nitrogens with one attached hydrogen (secondary N) is 1. The fraction of sp³-hybridized carbons (Fsp3) is 0.276. The van der Waals surface area contributed by atoms with Gasteiger partial charge in [0, 0.05) is 11.7 Å². The van der Waals surface area contributed by atoms with Crippen LogP contribution < -0.4 is 10.2 Å². The van der Waals surface area contributed by atoms with Crippen molar-refractivity contribution in [3.63, 3.8) is 0 Å². The predicted molar refractivity (Wildman–Crippen MR) is 143 cm³/mol. The Morgan fingerprint density at radius 1 is 0.925 bits per heavy atom. The average Bonchev–Trinajstić information content (AvgIpc) is 3.13. The van der Waals surface area contributed by atoms with Crippen LogP contribution >= 0.6 is 0 Å². The molecule has 0 radical (unpaired) electrons. The summed E-state index contributed by atoms with van der Waals surface area (Å²) in [4.78, 5) is 41.6. The highest BCUT2D eigenvalue weighted by Gasteiger charge is 2.44. The maximum Gasteiger partial charge on any atom is 0.269 e. The van der Waals surface area contributed by atoms with E-state index in [1.807, 2.05) is 0 Å². The van der Waals surface area contributed by atoms with Crippen molar-refractivity contribution < 1.29 is 31.6 Å². The summed E-state index contributed by atoms with van der Waals surface area (Å²) >= 11 is 0. The van der Waals surface area contributed by atoms with E-state index in [1.165, 1.54) is 48.5 Å². The molecule has 0 bridgehead atoms. The highest BCUT2D eigenvalue weighted by atomic mass is 32.2. The Morgan fingerprint density at radius 2 is 1.62 bits per heavy atom. The first-order valence-corrected chi connectivity index (χ1v) is 14.4. The van der Waals surface area contributed by atoms with E-state index in [1.54, 1.807) is 0 Å². The second-order valence-electron chi connectivity index (χ2n) is 9.85. The maximum absolute atomic E-state index is 14.4. The zero-order chi connectivity index (χ0) is 28.4. The van der Waals surface area contributed by atoms with E-state index in [0.29, 0.717) is 4.31 Å². The maximum atomic E-state index is 14.4. The summed E-state index contributed by atoms with van der Waals surface area (Å²) < 4.78 is 55.0. The third kappa shape index (κ3) is 5.33. The van der Waals surface area contributed by atoms with E-state index in [4.69, 9.17) is 0 Å². The molecule has 0 spiro atoms. The van der Waals surface area contributed by atoms with Crippen LogP contribution in [0.4, 0.5) is 14.5 Å². The summed E-state index contributed by atoms with van der Waals surface area (Å²) in [5, 5.41) is 2.97. The van der Waals surface area contributed by atoms with E-state index in [9.17, 15) is 31.6 Å². The Hall–Kier alpha value is -4.12. The minimum atomic E-state index is -4.34. The first-order valence-electron chi connectivity index (χ1n) is 13.0. The number of hydrogen-bond donors (Lipinski definition) is 1. The number of halogens is 2. The summed E-state index contributed by atoms with van der Waals surface area (Å²) in [7, 11) is -4.34. The van der Waals surface area contributed by atoms with Crippen molar-refractivity contribution in [2.45, 2.75) is 49.1 Å². The first kappa shape index (κ1) is 27.4. The van der Waals surface area contributed by atoms with E-state index < -0.39 is 52.0 Å². The molecule has 5 rings (SSSR count). The standard InChI is InChI=1S/C29H27F2N3O5S/c30-20-15-13-19(14-16-20)27(28(36)32-22-8-2-1-3-9-22)34(23-10-6-7-21(31)17-23)26(35)18-33-29(37)24-11-4-5-12-25(24)40(33,38)39/h4-7,10-17,22,27H,1-3,8-9,18H2,(H,32,36)/t27-/m0/s1. The van der Waals surface area contributed by atoms with E-state index in [0.717, 1.165) is 61.3 Å². The van der Waals surface area contributed by atoms with Crippen LogP contribution in [0.25, 0.3) is 0 Å². The van der Waals surface area contributed by atoms with Gasteiger partial charge in [0.25, 0.3) is 15.9 Å². The molecule has 1 saturated carbocycles. The molecule has 1 atom stereocenters. The van der Waals surface area contributed by atoms with Crippen LogP contribution in [0, 0.1) is 11.6 Å². The number of carbonyl (C=O) groups is 3. The number of benzene rings is 3. The summed E-state index contributed by atoms with van der Waals surface area (Å²) in [5.74, 6) is -3.67. The molecule has 0 saturated heterocycles. The average molecular weight is 568 g/mol. The molecule has 0 unspecified atom stereocenters. The Morgan fingerprint density at radius 3 is 2.30 bits per heavy atom. The molecule has 2 aliphatic rings. The summed E-state index contributed by atoms with van der Waals surface area (Å²) in [6.45, 7) is -0.930. The zero-order valence-corrected chi connectivity index (χ0v) is 22.2. The van der Waals surface area contributed by atoms with Crippen molar-refractivity contribution in [3.05, 3.63) is 95.6 Å². The predicted octanol–water partition coefficient (Wildman–Crippen LogP) is 4.33. The van der Waals surface area contributed by atoms with Crippen molar-refractivity contribution in [2.24, 2.45) is 0 Å². The fourth-order valence-electron chi connectivity index (χ4n) is 5.24. The number of sulfonamides is 1. The number of carbonyl (C=O) groups excluding carboxylic acids is 3. The van der Waals surface area contributed by atoms with Crippen LogP contribution in [-0.4, -0.2) is 43.0 Å². The largest absolute Gasteiger partial charge is 0.351 e. The molecule has 1 fully saturated rings. The van der Waals surface area contributed by atoms with Gasteiger partial charge < -0.3 is 5.32 Å². The van der Waals surface area contributed by atoms with Crippen LogP contribution in [0.15, 0.2) is 77.7 Å². The molecule has 208 valence electrons. The molecule has 3 amide bonds. The molecule has 11 heteroatoms. The number of amides is 3. The number of anilines is 1. The van der Waals surface area contributed by atoms with Crippen LogP contribution in [0.3, 0.4) is 0 Å². The smallest absolute Gasteiger partial charge is 0.269 e. The van der Waals surface area contributed by atoms with Crippen molar-refractivity contribution in [3.8, 4) is 0 Å². The summed E-state index contributed by atoms with van der Waals surface area (Å²) in [5.41, 5.74) is 0.128. The number of fused-ring (bicyclic) bond motifs is 1. The van der Waals surface area contributed by atoms with Gasteiger partial charge in [0.1, 0.15) is 29.1 Å². The molecule has 1 aliphatic carbocycles. The molecule has 0 aromatic heterocycles. The molecule has 3 aromatic rings. The van der Waals surface area contributed by atoms with E-state index >= 15 is 0 Å². The number of rotatable bonds is 7. The van der Waals surface area contributed by atoms with E-state index in [2.05, 4.69) is 5.32 Å². The number of hydrogen-bond acceptors (Lipinski definition) is 5. The molecule has 8 nitrogen and oxygen atoms in total. The fourth-order valence-corrected chi connectivity index (χ4v) is 6.76. The topological polar surface area (TPSA) is 104 Å². The Kier molecular flexibility index (Phi) is 7.66. The number of nitrogens with zero attached hydrogens (tertiary/aromatic N) is 2. The van der Waals surface area contributed by atoms with Gasteiger partial charge in [-0.3, -0.25) is 19.3 Å². The van der Waals surface area contributed by atoms with Crippen molar-refractivity contribution in [2.75, 3.05) is 11.4 Å². The van der Waals surface area contributed by atoms with Crippen LogP contribution in [0.5, 0.6) is 0 Å². The van der Waals surface area contributed by atoms with E-state index in [-0.39, 0.29) is 27.8 Å².